The first-order valence-electron chi connectivity index (χ1n) is 40.5. The number of carbonyl (C=O) groups is 1. The molecule has 0 atom stereocenters. The Morgan fingerprint density at radius 3 is 1.79 bits per heavy atom. The highest BCUT2D eigenvalue weighted by molar-refractivity contribution is 6.04. The van der Waals surface area contributed by atoms with Crippen LogP contribution in [0.3, 0.4) is 0 Å². The van der Waals surface area contributed by atoms with E-state index < -0.39 is 5.97 Å². The van der Waals surface area contributed by atoms with E-state index in [2.05, 4.69) is 316 Å². The number of aromatic carboxylic acids is 1. The van der Waals surface area contributed by atoms with Gasteiger partial charge in [0.15, 0.2) is 18.0 Å². The summed E-state index contributed by atoms with van der Waals surface area (Å²) in [6, 6.07) is 42.7. The van der Waals surface area contributed by atoms with Gasteiger partial charge in [-0.1, -0.05) is 156 Å². The van der Waals surface area contributed by atoms with E-state index in [9.17, 15) is 15.0 Å². The molecule has 108 heavy (non-hydrogen) atoms. The summed E-state index contributed by atoms with van der Waals surface area (Å²) in [6.07, 6.45) is 31.6. The molecule has 560 valence electrons. The number of para-hydroxylation sites is 2. The average Bonchev–Trinajstić information content (AvgIpc) is 1.27. The van der Waals surface area contributed by atoms with Crippen LogP contribution in [-0.4, -0.2) is 94.7 Å². The first-order chi connectivity index (χ1) is 51.7. The lowest BCUT2D eigenvalue weighted by Crippen LogP contribution is -2.45. The van der Waals surface area contributed by atoms with Crippen LogP contribution in [-0.2, 0) is 47.3 Å². The fourth-order valence-electron chi connectivity index (χ4n) is 19.5. The number of benzene rings is 7. The van der Waals surface area contributed by atoms with Crippen molar-refractivity contribution in [3.8, 4) is 11.5 Å². The van der Waals surface area contributed by atoms with Gasteiger partial charge in [-0.05, 0) is 197 Å². The number of nitrogens with zero attached hydrogens (tertiary/aromatic N) is 6. The number of ether oxygens (including phenoxy) is 1. The largest absolute Gasteiger partial charge is 0.478 e. The zero-order valence-corrected chi connectivity index (χ0v) is 67.7. The maximum absolute atomic E-state index is 12.8. The molecule has 9 aliphatic heterocycles. The summed E-state index contributed by atoms with van der Waals surface area (Å²) < 4.78 is 14.5. The van der Waals surface area contributed by atoms with Gasteiger partial charge in [0.25, 0.3) is 0 Å². The second kappa shape index (κ2) is 29.9. The van der Waals surface area contributed by atoms with Gasteiger partial charge in [-0.15, -0.1) is 0 Å². The van der Waals surface area contributed by atoms with Crippen molar-refractivity contribution in [1.82, 2.24) is 4.58 Å². The molecule has 0 aromatic heterocycles. The molecule has 0 radical (unpaired) electrons. The van der Waals surface area contributed by atoms with Gasteiger partial charge in [0.1, 0.15) is 31.1 Å². The van der Waals surface area contributed by atoms with Crippen LogP contribution in [0.2, 0.25) is 0 Å². The topological polar surface area (TPSA) is 85.5 Å². The summed E-state index contributed by atoms with van der Waals surface area (Å²) in [4.78, 5) is 20.3. The number of aryl methyl sites for hydroxylation is 4. The Kier molecular flexibility index (Phi) is 20.9. The summed E-state index contributed by atoms with van der Waals surface area (Å²) in [5.41, 5.74) is 29.9. The maximum Gasteiger partial charge on any atom is 0.336 e. The Bertz CT molecular complexity index is 5160. The number of hydrogen-bond acceptors (Lipinski definition) is 6. The SMILES string of the molecule is CC(C)N1\C(=C/C=C/C=C/C2=[N+](CCCO)c3ccccc3C2(C)C)C(C)(C)c2ccccc21.CC(C)c1ccc(C2=c3cc4c5c(c3Oc3c2cc2c6c3CCCN6CCC2)CCC[N+]=5CCC4)c(C(=O)O)c1.CC[N+]1=C(C=CC=CC=C2N(C(C)C)c3ccc(C)cc3C2(C)C)C(C)(C)c2cc(C)ccc21. The molecular formula is C98H117N6O4+3. The third-order valence-electron chi connectivity index (χ3n) is 24.8. The zero-order valence-electron chi connectivity index (χ0n) is 67.7. The first-order valence-corrected chi connectivity index (χ1v) is 40.5. The van der Waals surface area contributed by atoms with Crippen molar-refractivity contribution in [3.05, 3.63) is 276 Å². The molecule has 0 spiro atoms. The van der Waals surface area contributed by atoms with Crippen LogP contribution in [0.15, 0.2) is 187 Å². The van der Waals surface area contributed by atoms with E-state index in [0.717, 1.165) is 136 Å². The number of carboxylic acids is 1. The molecule has 7 aromatic carbocycles. The van der Waals surface area contributed by atoms with Crippen molar-refractivity contribution < 1.29 is 28.9 Å². The van der Waals surface area contributed by atoms with Gasteiger partial charge in [0.2, 0.25) is 16.7 Å². The minimum absolute atomic E-state index is 0.00154. The molecule has 16 rings (SSSR count). The molecule has 0 saturated carbocycles. The van der Waals surface area contributed by atoms with E-state index in [1.807, 2.05) is 6.07 Å². The molecule has 0 bridgehead atoms. The molecule has 0 saturated heterocycles. The Morgan fingerprint density at radius 2 is 1.13 bits per heavy atom. The molecule has 10 heteroatoms. The molecule has 7 aromatic rings. The highest BCUT2D eigenvalue weighted by atomic mass is 16.5. The van der Waals surface area contributed by atoms with Gasteiger partial charge < -0.3 is 29.6 Å². The number of rotatable bonds is 15. The van der Waals surface area contributed by atoms with Gasteiger partial charge in [0.05, 0.1) is 22.0 Å². The van der Waals surface area contributed by atoms with Crippen molar-refractivity contribution in [2.75, 3.05) is 60.6 Å². The van der Waals surface area contributed by atoms with Crippen LogP contribution in [0.25, 0.3) is 5.57 Å². The predicted molar refractivity (Wildman–Crippen MR) is 450 cm³/mol. The highest BCUT2D eigenvalue weighted by Crippen LogP contribution is 2.53. The molecule has 9 aliphatic rings. The molecule has 0 amide bonds. The third kappa shape index (κ3) is 13.3. The van der Waals surface area contributed by atoms with Crippen LogP contribution in [0.4, 0.5) is 28.4 Å². The summed E-state index contributed by atoms with van der Waals surface area (Å²) >= 11 is 0. The predicted octanol–water partition coefficient (Wildman–Crippen LogP) is 19.5. The standard InChI is InChI=1S/C35H36N2O3.C32H41N2.C31H39N2O/c1-20(2)21-11-12-24(27(17-21)35(38)39)30-28-18-22-7-3-13-36-15-5-9-25(31(22)36)33(28)40-34-26-10-6-16-37-14-4-8-23(32(26)37)19-29(30)34;1-10-33-27-18-16-23(4)20-25(27)31(6,7)29(33)14-12-11-13-15-30-32(8,9)26-21-24(5)17-19-28(26)34(30)22(2)3;1-23(2)33-27-18-13-11-16-25(27)31(5,6)29(33)20-9-7-8-19-28-30(3,4)24-15-10-12-17-26(24)32(28)21-14-22-34/h11-12,17-20H,3-10,13-16H2,1-2H3;11-22H,10H2,1-9H3;7-13,15-20,23,34H,14,21-22H2,1-6H3/q;2*+1/p+1. The van der Waals surface area contributed by atoms with Crippen LogP contribution < -0.4 is 34.6 Å². The summed E-state index contributed by atoms with van der Waals surface area (Å²) in [7, 11) is 0. The molecule has 10 nitrogen and oxygen atoms in total. The summed E-state index contributed by atoms with van der Waals surface area (Å²) in [6.45, 7) is 44.9. The second-order valence-electron chi connectivity index (χ2n) is 34.4. The van der Waals surface area contributed by atoms with Crippen LogP contribution >= 0.6 is 0 Å². The van der Waals surface area contributed by atoms with E-state index in [0.29, 0.717) is 17.6 Å². The number of aliphatic hydroxyl groups excluding tert-OH is 1. The number of hydrogen-bond donors (Lipinski definition) is 2. The average molecular weight is 1440 g/mol. The zero-order chi connectivity index (χ0) is 76.5. The second-order valence-corrected chi connectivity index (χ2v) is 34.4. The van der Waals surface area contributed by atoms with E-state index >= 15 is 0 Å². The summed E-state index contributed by atoms with van der Waals surface area (Å²) in [5, 5.41) is 22.4. The van der Waals surface area contributed by atoms with E-state index in [1.54, 1.807) is 0 Å². The van der Waals surface area contributed by atoms with Crippen molar-refractivity contribution in [2.45, 2.75) is 215 Å². The lowest BCUT2D eigenvalue weighted by molar-refractivity contribution is -0.438. The lowest BCUT2D eigenvalue weighted by atomic mass is 9.81. The molecular weight excluding hydrogens is 1330 g/mol. The summed E-state index contributed by atoms with van der Waals surface area (Å²) in [5.74, 6) is 1.34. The smallest absolute Gasteiger partial charge is 0.336 e. The molecule has 0 unspecified atom stereocenters. The quantitative estimate of drug-likeness (QED) is 0.0781. The Balaban J connectivity index is 0.000000136. The van der Waals surface area contributed by atoms with E-state index in [-0.39, 0.29) is 34.2 Å². The minimum atomic E-state index is -0.865. The number of anilines is 3. The molecule has 0 fully saturated rings. The van der Waals surface area contributed by atoms with Crippen LogP contribution in [0.5, 0.6) is 11.5 Å². The Hall–Kier alpha value is -9.38. The van der Waals surface area contributed by atoms with Crippen molar-refractivity contribution in [3.63, 3.8) is 0 Å². The van der Waals surface area contributed by atoms with Crippen LogP contribution in [0.1, 0.15) is 225 Å². The van der Waals surface area contributed by atoms with Crippen molar-refractivity contribution >= 4 is 51.4 Å². The number of allylic oxidation sites excluding steroid dienone is 12. The minimum Gasteiger partial charge on any atom is -0.478 e. The number of fused-ring (bicyclic) bond motifs is 8. The van der Waals surface area contributed by atoms with E-state index in [1.165, 1.54) is 112 Å². The molecule has 0 aliphatic carbocycles. The van der Waals surface area contributed by atoms with Gasteiger partial charge >= 0.3 is 5.97 Å². The monoisotopic (exact) mass is 1440 g/mol. The van der Waals surface area contributed by atoms with E-state index in [4.69, 9.17) is 4.74 Å². The number of carboxylic acid groups (broad SMARTS) is 1. The van der Waals surface area contributed by atoms with Gasteiger partial charge in [-0.2, -0.15) is 9.15 Å². The van der Waals surface area contributed by atoms with Gasteiger partial charge in [0, 0.05) is 153 Å². The number of aliphatic hydroxyl groups is 1. The Labute approximate surface area is 644 Å². The third-order valence-corrected chi connectivity index (χ3v) is 24.8. The molecule has 9 heterocycles. The lowest BCUT2D eigenvalue weighted by Gasteiger charge is -2.39. The van der Waals surface area contributed by atoms with Crippen LogP contribution in [0, 0.1) is 13.8 Å². The maximum atomic E-state index is 12.8. The van der Waals surface area contributed by atoms with Crippen molar-refractivity contribution in [1.29, 1.82) is 0 Å². The Morgan fingerprint density at radius 1 is 0.556 bits per heavy atom. The first kappa shape index (κ1) is 75.4. The van der Waals surface area contributed by atoms with Gasteiger partial charge in [-0.3, -0.25) is 0 Å². The fourth-order valence-corrected chi connectivity index (χ4v) is 19.5. The highest BCUT2D eigenvalue weighted by Gasteiger charge is 2.47. The van der Waals surface area contributed by atoms with Gasteiger partial charge in [-0.25, -0.2) is 9.37 Å². The van der Waals surface area contributed by atoms with Crippen molar-refractivity contribution in [2.24, 2.45) is 0 Å². The normalized spacial score (nSPS) is 19.3. The molecule has 2 N–H and O–H groups in total. The fraction of sp³-hybridized carbons (Fsp3) is 0.408.